The number of benzene rings is 1. The van der Waals surface area contributed by atoms with Crippen molar-refractivity contribution in [3.8, 4) is 0 Å². The minimum atomic E-state index is -0.818. The summed E-state index contributed by atoms with van der Waals surface area (Å²) >= 11 is 0. The molecule has 1 aromatic carbocycles. The minimum absolute atomic E-state index is 0.486. The van der Waals surface area contributed by atoms with Crippen LogP contribution >= 0.6 is 0 Å². The van der Waals surface area contributed by atoms with Crippen molar-refractivity contribution in [3.63, 3.8) is 0 Å². The van der Waals surface area contributed by atoms with E-state index in [0.29, 0.717) is 11.5 Å². The summed E-state index contributed by atoms with van der Waals surface area (Å²) in [5, 5.41) is 10.5. The van der Waals surface area contributed by atoms with Gasteiger partial charge in [0, 0.05) is 11.1 Å². The summed E-state index contributed by atoms with van der Waals surface area (Å²) in [6.45, 7) is 4.18. The molecular weight excluding hydrogens is 262 g/mol. The van der Waals surface area contributed by atoms with Crippen molar-refractivity contribution in [2.75, 3.05) is 0 Å². The third-order valence-corrected chi connectivity index (χ3v) is 4.52. The third kappa shape index (κ3) is 2.53. The highest BCUT2D eigenvalue weighted by molar-refractivity contribution is 6.04. The number of aromatic nitrogens is 1. The van der Waals surface area contributed by atoms with Crippen LogP contribution in [0, 0.1) is 12.8 Å². The predicted octanol–water partition coefficient (Wildman–Crippen LogP) is 4.15. The maximum absolute atomic E-state index is 11.8. The Morgan fingerprint density at radius 3 is 2.95 bits per heavy atom. The summed E-state index contributed by atoms with van der Waals surface area (Å²) < 4.78 is 0. The summed E-state index contributed by atoms with van der Waals surface area (Å²) in [4.78, 5) is 16.6. The Bertz CT molecular complexity index is 706. The van der Waals surface area contributed by atoms with Crippen LogP contribution in [0.2, 0.25) is 0 Å². The van der Waals surface area contributed by atoms with Crippen LogP contribution < -0.4 is 0 Å². The Kier molecular flexibility index (Phi) is 3.66. The van der Waals surface area contributed by atoms with Gasteiger partial charge in [-0.1, -0.05) is 31.4 Å². The van der Waals surface area contributed by atoms with Gasteiger partial charge in [-0.3, -0.25) is 4.98 Å². The molecule has 1 atom stereocenters. The van der Waals surface area contributed by atoms with Crippen LogP contribution in [0.4, 0.5) is 0 Å². The van der Waals surface area contributed by atoms with Crippen molar-refractivity contribution in [2.45, 2.75) is 46.0 Å². The van der Waals surface area contributed by atoms with Gasteiger partial charge in [0.15, 0.2) is 0 Å². The Morgan fingerprint density at radius 2 is 2.24 bits per heavy atom. The van der Waals surface area contributed by atoms with E-state index in [4.69, 9.17) is 4.98 Å². The first-order valence-corrected chi connectivity index (χ1v) is 7.75. The van der Waals surface area contributed by atoms with Gasteiger partial charge in [-0.2, -0.15) is 0 Å². The van der Waals surface area contributed by atoms with E-state index in [1.165, 1.54) is 6.42 Å². The van der Waals surface area contributed by atoms with Crippen LogP contribution in [0.3, 0.4) is 0 Å². The van der Waals surface area contributed by atoms with Crippen molar-refractivity contribution >= 4 is 16.9 Å². The molecular formula is C18H21NO2. The maximum atomic E-state index is 11.8. The zero-order valence-electron chi connectivity index (χ0n) is 12.6. The molecule has 1 aliphatic rings. The van der Waals surface area contributed by atoms with Crippen molar-refractivity contribution in [3.05, 3.63) is 40.6 Å². The summed E-state index contributed by atoms with van der Waals surface area (Å²) in [7, 11) is 0. The lowest BCUT2D eigenvalue weighted by Gasteiger charge is -2.25. The normalized spacial score (nSPS) is 17.7. The number of carboxylic acids is 1. The number of rotatable bonds is 3. The highest BCUT2D eigenvalue weighted by Crippen LogP contribution is 2.33. The summed E-state index contributed by atoms with van der Waals surface area (Å²) in [6.07, 6.45) is 5.23. The fraction of sp³-hybridized carbons (Fsp3) is 0.444. The second kappa shape index (κ2) is 5.47. The number of nitrogens with zero attached hydrogens (tertiary/aromatic N) is 1. The van der Waals surface area contributed by atoms with Crippen LogP contribution in [0.5, 0.6) is 0 Å². The van der Waals surface area contributed by atoms with Gasteiger partial charge in [0.2, 0.25) is 0 Å². The fourth-order valence-corrected chi connectivity index (χ4v) is 3.52. The lowest BCUT2D eigenvalue weighted by Crippen LogP contribution is -2.19. The minimum Gasteiger partial charge on any atom is -0.478 e. The van der Waals surface area contributed by atoms with Crippen LogP contribution in [-0.2, 0) is 12.8 Å². The van der Waals surface area contributed by atoms with E-state index in [1.807, 2.05) is 25.1 Å². The van der Waals surface area contributed by atoms with E-state index in [2.05, 4.69) is 6.92 Å². The van der Waals surface area contributed by atoms with Crippen molar-refractivity contribution in [1.29, 1.82) is 0 Å². The second-order valence-corrected chi connectivity index (χ2v) is 6.14. The Morgan fingerprint density at radius 1 is 1.43 bits per heavy atom. The first-order valence-electron chi connectivity index (χ1n) is 7.75. The number of aromatic carboxylic acids is 1. The largest absolute Gasteiger partial charge is 0.478 e. The Hall–Kier alpha value is -1.90. The van der Waals surface area contributed by atoms with Crippen LogP contribution in [0.1, 0.15) is 53.4 Å². The standard InChI is InChI=1S/C18H21NO2/c1-3-4-12-6-8-16-14(10-12)17(18(20)21)13-9-11(2)5-7-15(13)19-16/h5,7,9,12H,3-4,6,8,10H2,1-2H3,(H,20,21). The van der Waals surface area contributed by atoms with Gasteiger partial charge in [-0.15, -0.1) is 0 Å². The van der Waals surface area contributed by atoms with Crippen molar-refractivity contribution in [2.24, 2.45) is 5.92 Å². The first kappa shape index (κ1) is 14.1. The first-order chi connectivity index (χ1) is 10.1. The quantitative estimate of drug-likeness (QED) is 0.920. The molecule has 1 aromatic heterocycles. The summed E-state index contributed by atoms with van der Waals surface area (Å²) in [5.41, 5.74) is 4.35. The van der Waals surface area contributed by atoms with Crippen molar-refractivity contribution < 1.29 is 9.90 Å². The SMILES string of the molecule is CCCC1CCc2nc3ccc(C)cc3c(C(=O)O)c2C1. The zero-order chi connectivity index (χ0) is 15.0. The Labute approximate surface area is 125 Å². The van der Waals surface area contributed by atoms with E-state index in [0.717, 1.165) is 53.4 Å². The van der Waals surface area contributed by atoms with Crippen LogP contribution in [-0.4, -0.2) is 16.1 Å². The molecule has 0 saturated carbocycles. The number of aryl methyl sites for hydroxylation is 2. The fourth-order valence-electron chi connectivity index (χ4n) is 3.52. The molecule has 1 aliphatic carbocycles. The van der Waals surface area contributed by atoms with Gasteiger partial charge >= 0.3 is 5.97 Å². The number of carboxylic acid groups (broad SMARTS) is 1. The van der Waals surface area contributed by atoms with Gasteiger partial charge in [-0.05, 0) is 49.8 Å². The van der Waals surface area contributed by atoms with E-state index in [9.17, 15) is 9.90 Å². The molecule has 1 unspecified atom stereocenters. The number of fused-ring (bicyclic) bond motifs is 2. The second-order valence-electron chi connectivity index (χ2n) is 6.14. The molecule has 21 heavy (non-hydrogen) atoms. The number of hydrogen-bond acceptors (Lipinski definition) is 2. The molecule has 3 rings (SSSR count). The average molecular weight is 283 g/mol. The monoisotopic (exact) mass is 283 g/mol. The topological polar surface area (TPSA) is 50.2 Å². The highest BCUT2D eigenvalue weighted by Gasteiger charge is 2.26. The molecule has 0 bridgehead atoms. The number of pyridine rings is 1. The van der Waals surface area contributed by atoms with Gasteiger partial charge < -0.3 is 5.11 Å². The van der Waals surface area contributed by atoms with Gasteiger partial charge in [0.05, 0.1) is 11.1 Å². The van der Waals surface area contributed by atoms with E-state index >= 15 is 0 Å². The Balaban J connectivity index is 2.21. The predicted molar refractivity (Wildman–Crippen MR) is 83.9 cm³/mol. The smallest absolute Gasteiger partial charge is 0.336 e. The van der Waals surface area contributed by atoms with Gasteiger partial charge in [0.1, 0.15) is 0 Å². The highest BCUT2D eigenvalue weighted by atomic mass is 16.4. The molecule has 0 fully saturated rings. The van der Waals surface area contributed by atoms with Crippen LogP contribution in [0.25, 0.3) is 10.9 Å². The number of hydrogen-bond donors (Lipinski definition) is 1. The molecule has 3 heteroatoms. The average Bonchev–Trinajstić information content (AvgIpc) is 2.45. The van der Waals surface area contributed by atoms with E-state index in [1.54, 1.807) is 0 Å². The van der Waals surface area contributed by atoms with Gasteiger partial charge in [0.25, 0.3) is 0 Å². The molecule has 0 saturated heterocycles. The molecule has 0 radical (unpaired) electrons. The number of carbonyl (C=O) groups is 1. The van der Waals surface area contributed by atoms with E-state index < -0.39 is 5.97 Å². The lowest BCUT2D eigenvalue weighted by atomic mass is 9.81. The molecule has 0 amide bonds. The summed E-state index contributed by atoms with van der Waals surface area (Å²) in [5.74, 6) is -0.217. The molecule has 2 aromatic rings. The molecule has 1 N–H and O–H groups in total. The maximum Gasteiger partial charge on any atom is 0.336 e. The molecule has 110 valence electrons. The summed E-state index contributed by atoms with van der Waals surface area (Å²) in [6, 6.07) is 5.89. The lowest BCUT2D eigenvalue weighted by molar-refractivity contribution is 0.0697. The molecule has 3 nitrogen and oxygen atoms in total. The molecule has 1 heterocycles. The molecule has 0 spiro atoms. The van der Waals surface area contributed by atoms with E-state index in [-0.39, 0.29) is 0 Å². The third-order valence-electron chi connectivity index (χ3n) is 4.52. The molecule has 0 aliphatic heterocycles. The van der Waals surface area contributed by atoms with Crippen LogP contribution in [0.15, 0.2) is 18.2 Å². The van der Waals surface area contributed by atoms with Gasteiger partial charge in [-0.25, -0.2) is 4.79 Å². The zero-order valence-corrected chi connectivity index (χ0v) is 12.6. The van der Waals surface area contributed by atoms with Crippen molar-refractivity contribution in [1.82, 2.24) is 4.98 Å².